The van der Waals surface area contributed by atoms with Crippen LogP contribution in [0.1, 0.15) is 24.7 Å². The number of aromatic nitrogens is 3. The molecule has 1 aromatic heterocycles. The Hall–Kier alpha value is -2.95. The third kappa shape index (κ3) is 3.33. The van der Waals surface area contributed by atoms with Crippen molar-refractivity contribution in [3.05, 3.63) is 46.0 Å². The molecule has 108 valence electrons. The van der Waals surface area contributed by atoms with Crippen LogP contribution in [0.3, 0.4) is 0 Å². The van der Waals surface area contributed by atoms with Gasteiger partial charge in [-0.2, -0.15) is 10.4 Å². The van der Waals surface area contributed by atoms with Crippen LogP contribution in [0.15, 0.2) is 24.5 Å². The highest BCUT2D eigenvalue weighted by atomic mass is 16.6. The molecule has 0 unspecified atom stereocenters. The predicted molar refractivity (Wildman–Crippen MR) is 72.5 cm³/mol. The van der Waals surface area contributed by atoms with Crippen molar-refractivity contribution in [2.24, 2.45) is 0 Å². The summed E-state index contributed by atoms with van der Waals surface area (Å²) in [5, 5.41) is 23.8. The Morgan fingerprint density at radius 3 is 3.00 bits per heavy atom. The standard InChI is InChI=1S/C13H13N5O3/c1-2-5-17-13(15-9-16-17)8-21-12-4-3-10(7-14)6-11(12)18(19)20/h3-4,6,9H,2,5,8H2,1H3. The molecule has 2 aromatic rings. The van der Waals surface area contributed by atoms with Crippen LogP contribution in [0.25, 0.3) is 0 Å². The van der Waals surface area contributed by atoms with E-state index in [2.05, 4.69) is 10.1 Å². The van der Waals surface area contributed by atoms with Crippen LogP contribution in [0.5, 0.6) is 5.75 Å². The van der Waals surface area contributed by atoms with Crippen LogP contribution in [-0.4, -0.2) is 19.7 Å². The van der Waals surface area contributed by atoms with E-state index in [1.807, 2.05) is 13.0 Å². The molecule has 0 aliphatic rings. The van der Waals surface area contributed by atoms with Crippen LogP contribution in [0.2, 0.25) is 0 Å². The largest absolute Gasteiger partial charge is 0.479 e. The molecule has 0 fully saturated rings. The van der Waals surface area contributed by atoms with E-state index in [-0.39, 0.29) is 23.6 Å². The first kappa shape index (κ1) is 14.5. The van der Waals surface area contributed by atoms with Crippen molar-refractivity contribution in [1.29, 1.82) is 5.26 Å². The maximum absolute atomic E-state index is 11.0. The van der Waals surface area contributed by atoms with Gasteiger partial charge in [0.2, 0.25) is 0 Å². The van der Waals surface area contributed by atoms with Crippen molar-refractivity contribution in [2.45, 2.75) is 26.5 Å². The molecule has 0 bridgehead atoms. The minimum absolute atomic E-state index is 0.0761. The molecule has 0 saturated carbocycles. The number of ether oxygens (including phenoxy) is 1. The van der Waals surface area contributed by atoms with Gasteiger partial charge < -0.3 is 4.74 Å². The van der Waals surface area contributed by atoms with Crippen molar-refractivity contribution in [2.75, 3.05) is 0 Å². The number of nitrogens with zero attached hydrogens (tertiary/aromatic N) is 5. The summed E-state index contributed by atoms with van der Waals surface area (Å²) in [4.78, 5) is 14.5. The SMILES string of the molecule is CCCn1ncnc1COc1ccc(C#N)cc1[N+](=O)[O-]. The zero-order valence-electron chi connectivity index (χ0n) is 11.4. The van der Waals surface area contributed by atoms with Gasteiger partial charge in [-0.25, -0.2) is 9.67 Å². The second-order valence-corrected chi connectivity index (χ2v) is 4.24. The first-order valence-corrected chi connectivity index (χ1v) is 6.33. The monoisotopic (exact) mass is 287 g/mol. The highest BCUT2D eigenvalue weighted by Gasteiger charge is 2.17. The molecule has 0 spiro atoms. The van der Waals surface area contributed by atoms with E-state index in [9.17, 15) is 10.1 Å². The lowest BCUT2D eigenvalue weighted by Gasteiger charge is -2.07. The van der Waals surface area contributed by atoms with Crippen molar-refractivity contribution in [3.63, 3.8) is 0 Å². The molecule has 0 radical (unpaired) electrons. The van der Waals surface area contributed by atoms with Crippen molar-refractivity contribution < 1.29 is 9.66 Å². The van der Waals surface area contributed by atoms with Gasteiger partial charge >= 0.3 is 5.69 Å². The van der Waals surface area contributed by atoms with Gasteiger partial charge in [0, 0.05) is 12.6 Å². The average molecular weight is 287 g/mol. The van der Waals surface area contributed by atoms with E-state index in [1.165, 1.54) is 24.5 Å². The maximum atomic E-state index is 11.0. The van der Waals surface area contributed by atoms with E-state index < -0.39 is 4.92 Å². The quantitative estimate of drug-likeness (QED) is 0.594. The van der Waals surface area contributed by atoms with Crippen molar-refractivity contribution >= 4 is 5.69 Å². The van der Waals surface area contributed by atoms with Gasteiger partial charge in [-0.05, 0) is 18.6 Å². The molecule has 0 amide bonds. The number of aryl methyl sites for hydroxylation is 1. The maximum Gasteiger partial charge on any atom is 0.312 e. The van der Waals surface area contributed by atoms with Crippen LogP contribution < -0.4 is 4.74 Å². The fourth-order valence-corrected chi connectivity index (χ4v) is 1.79. The Morgan fingerprint density at radius 2 is 2.33 bits per heavy atom. The zero-order chi connectivity index (χ0) is 15.2. The van der Waals surface area contributed by atoms with Crippen LogP contribution in [-0.2, 0) is 13.2 Å². The summed E-state index contributed by atoms with van der Waals surface area (Å²) in [6.45, 7) is 2.79. The molecule has 0 saturated heterocycles. The Morgan fingerprint density at radius 1 is 1.52 bits per heavy atom. The van der Waals surface area contributed by atoms with Gasteiger partial charge in [-0.15, -0.1) is 0 Å². The van der Waals surface area contributed by atoms with Gasteiger partial charge in [0.25, 0.3) is 0 Å². The van der Waals surface area contributed by atoms with Crippen LogP contribution in [0, 0.1) is 21.4 Å². The highest BCUT2D eigenvalue weighted by Crippen LogP contribution is 2.28. The second-order valence-electron chi connectivity index (χ2n) is 4.24. The average Bonchev–Trinajstić information content (AvgIpc) is 2.92. The second kappa shape index (κ2) is 6.47. The zero-order valence-corrected chi connectivity index (χ0v) is 11.4. The Labute approximate surface area is 120 Å². The Balaban J connectivity index is 2.18. The summed E-state index contributed by atoms with van der Waals surface area (Å²) < 4.78 is 7.14. The van der Waals surface area contributed by atoms with Gasteiger partial charge in [-0.3, -0.25) is 10.1 Å². The summed E-state index contributed by atoms with van der Waals surface area (Å²) >= 11 is 0. The molecule has 21 heavy (non-hydrogen) atoms. The fraction of sp³-hybridized carbons (Fsp3) is 0.308. The lowest BCUT2D eigenvalue weighted by molar-refractivity contribution is -0.386. The minimum Gasteiger partial charge on any atom is -0.479 e. The van der Waals surface area contributed by atoms with Crippen molar-refractivity contribution in [3.8, 4) is 11.8 Å². The first-order valence-electron chi connectivity index (χ1n) is 6.33. The lowest BCUT2D eigenvalue weighted by Crippen LogP contribution is -2.09. The minimum atomic E-state index is -0.576. The summed E-state index contributed by atoms with van der Waals surface area (Å²) in [6.07, 6.45) is 2.31. The molecule has 1 aromatic carbocycles. The summed E-state index contributed by atoms with van der Waals surface area (Å²) in [5.41, 5.74) is -0.0289. The molecule has 0 atom stereocenters. The van der Waals surface area contributed by atoms with E-state index in [4.69, 9.17) is 10.00 Å². The fourth-order valence-electron chi connectivity index (χ4n) is 1.79. The summed E-state index contributed by atoms with van der Waals surface area (Å²) in [7, 11) is 0. The normalized spacial score (nSPS) is 10.1. The van der Waals surface area contributed by atoms with Gasteiger partial charge in [0.05, 0.1) is 16.6 Å². The molecular weight excluding hydrogens is 274 g/mol. The number of nitriles is 1. The van der Waals surface area contributed by atoms with Crippen LogP contribution >= 0.6 is 0 Å². The third-order valence-corrected chi connectivity index (χ3v) is 2.77. The van der Waals surface area contributed by atoms with Crippen molar-refractivity contribution in [1.82, 2.24) is 14.8 Å². The van der Waals surface area contributed by atoms with E-state index in [1.54, 1.807) is 4.68 Å². The third-order valence-electron chi connectivity index (χ3n) is 2.77. The molecule has 1 heterocycles. The highest BCUT2D eigenvalue weighted by molar-refractivity contribution is 5.51. The number of hydrogen-bond acceptors (Lipinski definition) is 6. The predicted octanol–water partition coefficient (Wildman–Crippen LogP) is 2.05. The smallest absolute Gasteiger partial charge is 0.312 e. The molecule has 0 aliphatic carbocycles. The molecule has 0 N–H and O–H groups in total. The topological polar surface area (TPSA) is 107 Å². The number of nitro groups is 1. The first-order chi connectivity index (χ1) is 10.2. The Kier molecular flexibility index (Phi) is 4.46. The summed E-state index contributed by atoms with van der Waals surface area (Å²) in [5.74, 6) is 0.695. The molecular formula is C13H13N5O3. The van der Waals surface area contributed by atoms with E-state index >= 15 is 0 Å². The number of rotatable bonds is 6. The number of benzene rings is 1. The van der Waals surface area contributed by atoms with Gasteiger partial charge in [-0.1, -0.05) is 6.92 Å². The molecule has 2 rings (SSSR count). The summed E-state index contributed by atoms with van der Waals surface area (Å²) in [6, 6.07) is 5.93. The van der Waals surface area contributed by atoms with Gasteiger partial charge in [0.1, 0.15) is 12.9 Å². The molecule has 0 aliphatic heterocycles. The van der Waals surface area contributed by atoms with E-state index in [0.717, 1.165) is 6.42 Å². The lowest BCUT2D eigenvalue weighted by atomic mass is 10.2. The van der Waals surface area contributed by atoms with E-state index in [0.29, 0.717) is 12.4 Å². The number of nitro benzene ring substituents is 1. The van der Waals surface area contributed by atoms with Gasteiger partial charge in [0.15, 0.2) is 11.6 Å². The molecule has 8 nitrogen and oxygen atoms in total. The number of hydrogen-bond donors (Lipinski definition) is 0. The molecule has 8 heteroatoms. The van der Waals surface area contributed by atoms with Crippen LogP contribution in [0.4, 0.5) is 5.69 Å². The Bertz CT molecular complexity index is 689.